The molecule has 2 aromatic carbocycles. The van der Waals surface area contributed by atoms with Gasteiger partial charge in [0.2, 0.25) is 29.3 Å². The minimum absolute atomic E-state index is 0.133. The highest BCUT2D eigenvalue weighted by molar-refractivity contribution is 5.92. The van der Waals surface area contributed by atoms with E-state index in [1.54, 1.807) is 36.4 Å². The fraction of sp³-hybridized carbons (Fsp3) is 0.304. The maximum absolute atomic E-state index is 12.2. The van der Waals surface area contributed by atoms with Crippen LogP contribution >= 0.6 is 0 Å². The van der Waals surface area contributed by atoms with Crippen LogP contribution in [0.15, 0.2) is 40.9 Å². The maximum Gasteiger partial charge on any atom is 0.226 e. The number of anilines is 2. The third-order valence-corrected chi connectivity index (χ3v) is 4.67. The molecule has 174 valence electrons. The zero-order valence-corrected chi connectivity index (χ0v) is 18.9. The van der Waals surface area contributed by atoms with Gasteiger partial charge in [-0.25, -0.2) is 0 Å². The predicted molar refractivity (Wildman–Crippen MR) is 122 cm³/mol. The van der Waals surface area contributed by atoms with Crippen LogP contribution in [0.5, 0.6) is 17.2 Å². The number of methoxy groups -OCH3 is 3. The van der Waals surface area contributed by atoms with Crippen LogP contribution in [0.4, 0.5) is 11.4 Å². The lowest BCUT2D eigenvalue weighted by Gasteiger charge is -2.12. The molecule has 0 saturated heterocycles. The molecule has 0 aliphatic rings. The molecular formula is C23H26N4O6. The van der Waals surface area contributed by atoms with E-state index in [1.807, 2.05) is 0 Å². The molecule has 3 aromatic rings. The first-order valence-electron chi connectivity index (χ1n) is 10.2. The zero-order valence-electron chi connectivity index (χ0n) is 18.9. The number of carbonyl (C=O) groups is 2. The average molecular weight is 454 g/mol. The second kappa shape index (κ2) is 11.0. The summed E-state index contributed by atoms with van der Waals surface area (Å²) in [6.45, 7) is 1.44. The Morgan fingerprint density at radius 3 is 2.09 bits per heavy atom. The van der Waals surface area contributed by atoms with Crippen LogP contribution in [-0.2, 0) is 16.0 Å². The lowest BCUT2D eigenvalue weighted by molar-refractivity contribution is -0.116. The van der Waals surface area contributed by atoms with Crippen LogP contribution in [0.25, 0.3) is 11.4 Å². The monoisotopic (exact) mass is 454 g/mol. The van der Waals surface area contributed by atoms with E-state index in [4.69, 9.17) is 18.7 Å². The maximum atomic E-state index is 12.2. The van der Waals surface area contributed by atoms with Crippen molar-refractivity contribution >= 4 is 23.2 Å². The highest BCUT2D eigenvalue weighted by Crippen LogP contribution is 2.40. The Hall–Kier alpha value is -4.08. The molecule has 0 unspecified atom stereocenters. The Bertz CT molecular complexity index is 1090. The van der Waals surface area contributed by atoms with Crippen molar-refractivity contribution in [1.29, 1.82) is 0 Å². The van der Waals surface area contributed by atoms with E-state index in [-0.39, 0.29) is 18.2 Å². The predicted octanol–water partition coefficient (Wildman–Crippen LogP) is 3.68. The van der Waals surface area contributed by atoms with E-state index in [0.29, 0.717) is 58.7 Å². The van der Waals surface area contributed by atoms with Crippen molar-refractivity contribution < 1.29 is 28.3 Å². The number of nitrogens with zero attached hydrogens (tertiary/aromatic N) is 2. The molecule has 0 radical (unpaired) electrons. The van der Waals surface area contributed by atoms with Gasteiger partial charge in [0.05, 0.1) is 21.3 Å². The van der Waals surface area contributed by atoms with E-state index in [0.717, 1.165) is 0 Å². The van der Waals surface area contributed by atoms with Crippen LogP contribution in [0.2, 0.25) is 0 Å². The number of hydrogen-bond acceptors (Lipinski definition) is 8. The number of benzene rings is 2. The van der Waals surface area contributed by atoms with Crippen molar-refractivity contribution in [2.75, 3.05) is 32.0 Å². The zero-order chi connectivity index (χ0) is 23.8. The van der Waals surface area contributed by atoms with Gasteiger partial charge in [-0.05, 0) is 42.8 Å². The molecule has 10 heteroatoms. The SMILES string of the molecule is COc1cc(-c2noc(CCCC(=O)Nc3ccc(NC(C)=O)cc3)n2)cc(OC)c1OC. The van der Waals surface area contributed by atoms with Crippen LogP contribution in [0, 0.1) is 0 Å². The summed E-state index contributed by atoms with van der Waals surface area (Å²) in [5.41, 5.74) is 1.97. The molecule has 3 rings (SSSR count). The van der Waals surface area contributed by atoms with E-state index in [1.165, 1.54) is 28.3 Å². The molecule has 0 aliphatic carbocycles. The summed E-state index contributed by atoms with van der Waals surface area (Å²) in [4.78, 5) is 27.7. The van der Waals surface area contributed by atoms with Crippen LogP contribution in [0.3, 0.4) is 0 Å². The third kappa shape index (κ3) is 6.22. The average Bonchev–Trinajstić information content (AvgIpc) is 3.28. The molecule has 0 atom stereocenters. The summed E-state index contributed by atoms with van der Waals surface area (Å²) in [5.74, 6) is 1.97. The normalized spacial score (nSPS) is 10.4. The van der Waals surface area contributed by atoms with Crippen LogP contribution < -0.4 is 24.8 Å². The first-order chi connectivity index (χ1) is 15.9. The standard InChI is InChI=1S/C23H26N4O6/c1-14(28)24-16-8-10-17(11-9-16)25-20(29)6-5-7-21-26-23(27-33-21)15-12-18(30-2)22(32-4)19(13-15)31-3/h8-13H,5-7H2,1-4H3,(H,24,28)(H,25,29). The van der Waals surface area contributed by atoms with E-state index >= 15 is 0 Å². The fourth-order valence-electron chi connectivity index (χ4n) is 3.15. The van der Waals surface area contributed by atoms with Gasteiger partial charge < -0.3 is 29.4 Å². The molecule has 2 N–H and O–H groups in total. The second-order valence-electron chi connectivity index (χ2n) is 7.09. The van der Waals surface area contributed by atoms with E-state index in [2.05, 4.69) is 20.8 Å². The number of hydrogen-bond donors (Lipinski definition) is 2. The minimum atomic E-state index is -0.152. The van der Waals surface area contributed by atoms with Gasteiger partial charge in [0.1, 0.15) is 0 Å². The lowest BCUT2D eigenvalue weighted by Crippen LogP contribution is -2.11. The molecule has 0 saturated carbocycles. The van der Waals surface area contributed by atoms with Gasteiger partial charge in [-0.2, -0.15) is 4.98 Å². The molecular weight excluding hydrogens is 428 g/mol. The Morgan fingerprint density at radius 1 is 0.939 bits per heavy atom. The van der Waals surface area contributed by atoms with Gasteiger partial charge in [-0.15, -0.1) is 0 Å². The summed E-state index contributed by atoms with van der Waals surface area (Å²) in [6, 6.07) is 10.4. The summed E-state index contributed by atoms with van der Waals surface area (Å²) in [7, 11) is 4.60. The van der Waals surface area contributed by atoms with Crippen molar-refractivity contribution in [3.63, 3.8) is 0 Å². The number of amides is 2. The molecule has 0 aliphatic heterocycles. The lowest BCUT2D eigenvalue weighted by atomic mass is 10.1. The highest BCUT2D eigenvalue weighted by atomic mass is 16.5. The Labute approximate surface area is 191 Å². The molecule has 1 aromatic heterocycles. The second-order valence-corrected chi connectivity index (χ2v) is 7.09. The molecule has 0 bridgehead atoms. The highest BCUT2D eigenvalue weighted by Gasteiger charge is 2.17. The Morgan fingerprint density at radius 2 is 1.55 bits per heavy atom. The van der Waals surface area contributed by atoms with Gasteiger partial charge in [0.25, 0.3) is 0 Å². The quantitative estimate of drug-likeness (QED) is 0.475. The summed E-state index contributed by atoms with van der Waals surface area (Å²) >= 11 is 0. The molecule has 33 heavy (non-hydrogen) atoms. The summed E-state index contributed by atoms with van der Waals surface area (Å²) in [6.07, 6.45) is 1.27. The topological polar surface area (TPSA) is 125 Å². The first kappa shape index (κ1) is 23.6. The molecule has 0 spiro atoms. The number of carbonyl (C=O) groups excluding carboxylic acids is 2. The number of nitrogens with one attached hydrogen (secondary N) is 2. The molecule has 0 fully saturated rings. The summed E-state index contributed by atoms with van der Waals surface area (Å²) < 4.78 is 21.4. The van der Waals surface area contributed by atoms with Crippen molar-refractivity contribution in [3.05, 3.63) is 42.3 Å². The third-order valence-electron chi connectivity index (χ3n) is 4.67. The number of rotatable bonds is 10. The van der Waals surface area contributed by atoms with Crippen LogP contribution in [-0.4, -0.2) is 43.3 Å². The Balaban J connectivity index is 1.55. The summed E-state index contributed by atoms with van der Waals surface area (Å²) in [5, 5.41) is 9.51. The Kier molecular flexibility index (Phi) is 7.85. The number of ether oxygens (including phenoxy) is 3. The smallest absolute Gasteiger partial charge is 0.226 e. The molecule has 1 heterocycles. The van der Waals surface area contributed by atoms with Gasteiger partial charge in [0, 0.05) is 36.7 Å². The van der Waals surface area contributed by atoms with Gasteiger partial charge in [-0.3, -0.25) is 9.59 Å². The van der Waals surface area contributed by atoms with Gasteiger partial charge >= 0.3 is 0 Å². The molecule has 2 amide bonds. The first-order valence-corrected chi connectivity index (χ1v) is 10.2. The molecule has 10 nitrogen and oxygen atoms in total. The van der Waals surface area contributed by atoms with E-state index in [9.17, 15) is 9.59 Å². The van der Waals surface area contributed by atoms with Gasteiger partial charge in [0.15, 0.2) is 11.5 Å². The van der Waals surface area contributed by atoms with Crippen LogP contribution in [0.1, 0.15) is 25.7 Å². The van der Waals surface area contributed by atoms with Crippen molar-refractivity contribution in [2.45, 2.75) is 26.2 Å². The number of aromatic nitrogens is 2. The van der Waals surface area contributed by atoms with E-state index < -0.39 is 0 Å². The minimum Gasteiger partial charge on any atom is -0.493 e. The van der Waals surface area contributed by atoms with Crippen molar-refractivity contribution in [2.24, 2.45) is 0 Å². The van der Waals surface area contributed by atoms with Crippen molar-refractivity contribution in [1.82, 2.24) is 10.1 Å². The van der Waals surface area contributed by atoms with Gasteiger partial charge in [-0.1, -0.05) is 5.16 Å². The van der Waals surface area contributed by atoms with Crippen molar-refractivity contribution in [3.8, 4) is 28.6 Å². The number of aryl methyl sites for hydroxylation is 1. The largest absolute Gasteiger partial charge is 0.493 e. The fourth-order valence-corrected chi connectivity index (χ4v) is 3.15.